The average molecular weight is 679 g/mol. The lowest BCUT2D eigenvalue weighted by Gasteiger charge is -2.28. The van der Waals surface area contributed by atoms with Gasteiger partial charge in [0.2, 0.25) is 17.7 Å². The van der Waals surface area contributed by atoms with E-state index in [1.165, 1.54) is 0 Å². The average Bonchev–Trinajstić information content (AvgIpc) is 3.81. The zero-order valence-corrected chi connectivity index (χ0v) is 30.5. The van der Waals surface area contributed by atoms with Crippen molar-refractivity contribution < 1.29 is 28.7 Å². The summed E-state index contributed by atoms with van der Waals surface area (Å²) in [5, 5.41) is 8.84. The van der Waals surface area contributed by atoms with Gasteiger partial charge < -0.3 is 30.3 Å². The highest BCUT2D eigenvalue weighted by Gasteiger charge is 2.50. The first-order valence-electron chi connectivity index (χ1n) is 17.7. The number of hydrogen-bond donors (Lipinski definition) is 3. The number of benzene rings is 2. The molecule has 0 saturated carbocycles. The van der Waals surface area contributed by atoms with Gasteiger partial charge in [-0.3, -0.25) is 19.2 Å². The molecule has 1 aliphatic heterocycles. The molecular formula is C39H58N4O6. The monoisotopic (exact) mass is 678 g/mol. The summed E-state index contributed by atoms with van der Waals surface area (Å²) in [5.74, 6) is -1.22. The fraction of sp³-hybridized carbons (Fsp3) is 0.590. The summed E-state index contributed by atoms with van der Waals surface area (Å²) in [6, 6.07) is 16.7. The van der Waals surface area contributed by atoms with E-state index in [1.807, 2.05) is 102 Å². The van der Waals surface area contributed by atoms with E-state index in [0.717, 1.165) is 24.1 Å². The first-order valence-corrected chi connectivity index (χ1v) is 17.7. The lowest BCUT2D eigenvalue weighted by molar-refractivity contribution is -0.138. The van der Waals surface area contributed by atoms with E-state index >= 15 is 0 Å². The third-order valence-electron chi connectivity index (χ3n) is 8.59. The second kappa shape index (κ2) is 19.6. The highest BCUT2D eigenvalue weighted by molar-refractivity contribution is 5.98. The third-order valence-corrected chi connectivity index (χ3v) is 8.59. The normalized spacial score (nSPS) is 18.1. The molecule has 49 heavy (non-hydrogen) atoms. The van der Waals surface area contributed by atoms with Crippen molar-refractivity contribution in [2.45, 2.75) is 103 Å². The molecule has 0 unspecified atom stereocenters. The van der Waals surface area contributed by atoms with E-state index in [4.69, 9.17) is 9.47 Å². The largest absolute Gasteiger partial charge is 0.368 e. The summed E-state index contributed by atoms with van der Waals surface area (Å²) < 4.78 is 11.5. The molecule has 270 valence electrons. The summed E-state index contributed by atoms with van der Waals surface area (Å²) in [6.07, 6.45) is 2.15. The Balaban J connectivity index is 1.79. The maximum Gasteiger partial charge on any atom is 0.249 e. The lowest BCUT2D eigenvalue weighted by atomic mass is 9.93. The van der Waals surface area contributed by atoms with Crippen molar-refractivity contribution in [3.8, 4) is 0 Å². The zero-order chi connectivity index (χ0) is 36.0. The molecule has 1 saturated heterocycles. The molecule has 2 aromatic rings. The molecule has 1 fully saturated rings. The molecule has 0 aliphatic carbocycles. The number of ketones is 1. The van der Waals surface area contributed by atoms with Gasteiger partial charge in [-0.25, -0.2) is 0 Å². The molecule has 3 rings (SSSR count). The van der Waals surface area contributed by atoms with Crippen LogP contribution in [0, 0.1) is 11.8 Å². The Labute approximate surface area is 293 Å². The molecule has 0 spiro atoms. The summed E-state index contributed by atoms with van der Waals surface area (Å²) in [4.78, 5) is 57.0. The highest BCUT2D eigenvalue weighted by atomic mass is 16.6. The van der Waals surface area contributed by atoms with Crippen LogP contribution in [0.2, 0.25) is 0 Å². The van der Waals surface area contributed by atoms with Crippen molar-refractivity contribution in [2.24, 2.45) is 11.8 Å². The number of amides is 3. The molecule has 1 heterocycles. The number of Topliss-reactive ketones (excluding diaryl/α,β-unsaturated/α-hetero) is 1. The fourth-order valence-electron chi connectivity index (χ4n) is 5.73. The predicted molar refractivity (Wildman–Crippen MR) is 192 cm³/mol. The molecule has 0 aromatic heterocycles. The van der Waals surface area contributed by atoms with E-state index in [0.29, 0.717) is 38.9 Å². The van der Waals surface area contributed by atoms with Gasteiger partial charge in [-0.05, 0) is 82.6 Å². The van der Waals surface area contributed by atoms with Gasteiger partial charge in [0.05, 0.1) is 12.6 Å². The van der Waals surface area contributed by atoms with E-state index < -0.39 is 41.6 Å². The number of hydrogen-bond acceptors (Lipinski definition) is 7. The second-order valence-electron chi connectivity index (χ2n) is 14.6. The van der Waals surface area contributed by atoms with Gasteiger partial charge in [0, 0.05) is 13.0 Å². The van der Waals surface area contributed by atoms with Crippen LogP contribution in [0.15, 0.2) is 60.7 Å². The number of aryl methyl sites for hydroxylation is 1. The zero-order valence-electron chi connectivity index (χ0n) is 30.5. The lowest BCUT2D eigenvalue weighted by Crippen LogP contribution is -2.58. The SMILES string of the molecule is CC(C)C[C@H](NC(=O)[C@H](CCc1ccccc1)OCCCN(C)C)C(=O)N[C@@H](Cc1ccccc1)C(=O)N[C@@H](CC(C)C)C(=O)[C@@]1(C)CO1. The van der Waals surface area contributed by atoms with Crippen molar-refractivity contribution in [3.05, 3.63) is 71.8 Å². The van der Waals surface area contributed by atoms with Gasteiger partial charge >= 0.3 is 0 Å². The maximum absolute atomic E-state index is 14.0. The molecular weight excluding hydrogens is 620 g/mol. The molecule has 10 nitrogen and oxygen atoms in total. The van der Waals surface area contributed by atoms with Crippen molar-refractivity contribution in [3.63, 3.8) is 0 Å². The van der Waals surface area contributed by atoms with Gasteiger partial charge in [0.15, 0.2) is 5.78 Å². The number of nitrogens with one attached hydrogen (secondary N) is 3. The van der Waals surface area contributed by atoms with Crippen LogP contribution in [0.1, 0.15) is 71.4 Å². The number of rotatable bonds is 22. The minimum absolute atomic E-state index is 0.0774. The summed E-state index contributed by atoms with van der Waals surface area (Å²) in [6.45, 7) is 11.2. The molecule has 3 N–H and O–H groups in total. The van der Waals surface area contributed by atoms with Crippen LogP contribution < -0.4 is 16.0 Å². The van der Waals surface area contributed by atoms with Crippen molar-refractivity contribution in [1.82, 2.24) is 20.9 Å². The van der Waals surface area contributed by atoms with Crippen LogP contribution >= 0.6 is 0 Å². The van der Waals surface area contributed by atoms with E-state index in [-0.39, 0.29) is 29.9 Å². The van der Waals surface area contributed by atoms with E-state index in [9.17, 15) is 19.2 Å². The number of carbonyl (C=O) groups is 4. The fourth-order valence-corrected chi connectivity index (χ4v) is 5.73. The minimum Gasteiger partial charge on any atom is -0.368 e. The first kappa shape index (κ1) is 39.8. The minimum atomic E-state index is -0.979. The van der Waals surface area contributed by atoms with Crippen LogP contribution in [0.3, 0.4) is 0 Å². The Morgan fingerprint density at radius 2 is 1.29 bits per heavy atom. The topological polar surface area (TPSA) is 129 Å². The summed E-state index contributed by atoms with van der Waals surface area (Å²) >= 11 is 0. The maximum atomic E-state index is 14.0. The van der Waals surface area contributed by atoms with Crippen molar-refractivity contribution in [1.29, 1.82) is 0 Å². The Bertz CT molecular complexity index is 1330. The Hall–Kier alpha value is -3.60. The predicted octanol–water partition coefficient (Wildman–Crippen LogP) is 4.10. The number of nitrogens with zero attached hydrogens (tertiary/aromatic N) is 1. The Morgan fingerprint density at radius 1 is 0.776 bits per heavy atom. The molecule has 5 atom stereocenters. The molecule has 0 radical (unpaired) electrons. The standard InChI is InChI=1S/C39H58N4O6/c1-27(2)23-31(35(44)39(5)26-49-39)40-37(46)33(25-30-17-12-9-13-18-30)41-36(45)32(24-28(3)4)42-38(47)34(48-22-14-21-43(6)7)20-19-29-15-10-8-11-16-29/h8-13,15-18,27-28,31-34H,14,19-26H2,1-7H3,(H,40,46)(H,41,45)(H,42,47)/t31-,32-,33-,34-,39+/m0/s1. The highest BCUT2D eigenvalue weighted by Crippen LogP contribution is 2.29. The molecule has 0 bridgehead atoms. The van der Waals surface area contributed by atoms with Gasteiger partial charge in [-0.2, -0.15) is 0 Å². The van der Waals surface area contributed by atoms with E-state index in [2.05, 4.69) is 20.9 Å². The summed E-state index contributed by atoms with van der Waals surface area (Å²) in [5.41, 5.74) is 1.05. The third kappa shape index (κ3) is 14.0. The number of ether oxygens (including phenoxy) is 2. The van der Waals surface area contributed by atoms with Crippen molar-refractivity contribution in [2.75, 3.05) is 33.9 Å². The molecule has 1 aliphatic rings. The van der Waals surface area contributed by atoms with E-state index in [1.54, 1.807) is 6.92 Å². The smallest absolute Gasteiger partial charge is 0.249 e. The molecule has 10 heteroatoms. The first-order chi connectivity index (χ1) is 23.3. The van der Waals surface area contributed by atoms with Crippen molar-refractivity contribution >= 4 is 23.5 Å². The van der Waals surface area contributed by atoms with Gasteiger partial charge in [-0.15, -0.1) is 0 Å². The van der Waals surface area contributed by atoms with Crippen LogP contribution in [-0.2, 0) is 41.5 Å². The number of carbonyl (C=O) groups excluding carboxylic acids is 4. The van der Waals surface area contributed by atoms with Crippen LogP contribution in [-0.4, -0.2) is 92.1 Å². The van der Waals surface area contributed by atoms with Crippen LogP contribution in [0.25, 0.3) is 0 Å². The van der Waals surface area contributed by atoms with Crippen LogP contribution in [0.4, 0.5) is 0 Å². The van der Waals surface area contributed by atoms with Gasteiger partial charge in [0.1, 0.15) is 23.8 Å². The number of epoxide rings is 1. The Kier molecular flexibility index (Phi) is 15.9. The summed E-state index contributed by atoms with van der Waals surface area (Å²) in [7, 11) is 3.98. The van der Waals surface area contributed by atoms with Crippen LogP contribution in [0.5, 0.6) is 0 Å². The van der Waals surface area contributed by atoms with Gasteiger partial charge in [0.25, 0.3) is 0 Å². The van der Waals surface area contributed by atoms with Gasteiger partial charge in [-0.1, -0.05) is 88.4 Å². The Morgan fingerprint density at radius 3 is 1.84 bits per heavy atom. The molecule has 3 amide bonds. The quantitative estimate of drug-likeness (QED) is 0.126. The molecule has 2 aromatic carbocycles. The second-order valence-corrected chi connectivity index (χ2v) is 14.6.